The Balaban J connectivity index is 2.32. The standard InChI is InChI=1S/C13H16ClN3S/c1-9(2)17(8-10-4-3-7-18-10)13-11(15)5-6-12(14)16-13/h3-7,9H,8,15H2,1-2H3. The van der Waals surface area contributed by atoms with Crippen LogP contribution in [-0.4, -0.2) is 11.0 Å². The maximum absolute atomic E-state index is 6.00. The summed E-state index contributed by atoms with van der Waals surface area (Å²) in [4.78, 5) is 7.79. The van der Waals surface area contributed by atoms with Crippen LogP contribution in [0.4, 0.5) is 11.5 Å². The lowest BCUT2D eigenvalue weighted by molar-refractivity contribution is 0.678. The molecule has 0 amide bonds. The molecule has 0 fully saturated rings. The Morgan fingerprint density at radius 3 is 2.78 bits per heavy atom. The Morgan fingerprint density at radius 1 is 1.39 bits per heavy atom. The summed E-state index contributed by atoms with van der Waals surface area (Å²) in [5.74, 6) is 0.755. The summed E-state index contributed by atoms with van der Waals surface area (Å²) in [5, 5.41) is 2.54. The van der Waals surface area contributed by atoms with Crippen molar-refractivity contribution in [2.75, 3.05) is 10.6 Å². The molecule has 0 aliphatic rings. The first kappa shape index (κ1) is 13.2. The molecule has 0 unspecified atom stereocenters. The number of nitrogens with two attached hydrogens (primary N) is 1. The minimum Gasteiger partial charge on any atom is -0.396 e. The van der Waals surface area contributed by atoms with E-state index in [1.54, 1.807) is 23.5 Å². The number of halogens is 1. The molecule has 2 aromatic heterocycles. The number of nitrogens with zero attached hydrogens (tertiary/aromatic N) is 2. The number of anilines is 2. The monoisotopic (exact) mass is 281 g/mol. The van der Waals surface area contributed by atoms with Gasteiger partial charge in [-0.1, -0.05) is 17.7 Å². The predicted octanol–water partition coefficient (Wildman–Crippen LogP) is 3.79. The van der Waals surface area contributed by atoms with Crippen LogP contribution in [0, 0.1) is 0 Å². The Hall–Kier alpha value is -1.26. The van der Waals surface area contributed by atoms with E-state index in [0.717, 1.165) is 12.4 Å². The van der Waals surface area contributed by atoms with Crippen LogP contribution in [0.3, 0.4) is 0 Å². The highest BCUT2D eigenvalue weighted by Crippen LogP contribution is 2.27. The molecule has 0 saturated heterocycles. The van der Waals surface area contributed by atoms with Gasteiger partial charge in [0.15, 0.2) is 5.82 Å². The number of rotatable bonds is 4. The fraction of sp³-hybridized carbons (Fsp3) is 0.308. The van der Waals surface area contributed by atoms with Gasteiger partial charge in [0, 0.05) is 10.9 Å². The number of nitrogen functional groups attached to an aromatic ring is 1. The SMILES string of the molecule is CC(C)N(Cc1cccs1)c1nc(Cl)ccc1N. The molecule has 0 aliphatic heterocycles. The molecule has 2 rings (SSSR count). The van der Waals surface area contributed by atoms with Gasteiger partial charge in [-0.3, -0.25) is 0 Å². The van der Waals surface area contributed by atoms with Crippen LogP contribution in [0.25, 0.3) is 0 Å². The van der Waals surface area contributed by atoms with Crippen LogP contribution in [-0.2, 0) is 6.54 Å². The maximum atomic E-state index is 6.00. The molecule has 5 heteroatoms. The smallest absolute Gasteiger partial charge is 0.154 e. The average molecular weight is 282 g/mol. The van der Waals surface area contributed by atoms with Crippen molar-refractivity contribution in [3.05, 3.63) is 39.7 Å². The maximum Gasteiger partial charge on any atom is 0.154 e. The molecule has 2 N–H and O–H groups in total. The molecule has 0 atom stereocenters. The molecule has 18 heavy (non-hydrogen) atoms. The van der Waals surface area contributed by atoms with Gasteiger partial charge in [-0.2, -0.15) is 0 Å². The summed E-state index contributed by atoms with van der Waals surface area (Å²) in [6.45, 7) is 5.04. The van der Waals surface area contributed by atoms with Gasteiger partial charge in [0.05, 0.1) is 12.2 Å². The lowest BCUT2D eigenvalue weighted by Crippen LogP contribution is -2.31. The lowest BCUT2D eigenvalue weighted by atomic mass is 10.2. The van der Waals surface area contributed by atoms with E-state index < -0.39 is 0 Å². The Labute approximate surface area is 116 Å². The van der Waals surface area contributed by atoms with Crippen molar-refractivity contribution >= 4 is 34.4 Å². The number of pyridine rings is 1. The zero-order valence-electron chi connectivity index (χ0n) is 10.4. The van der Waals surface area contributed by atoms with Crippen LogP contribution < -0.4 is 10.6 Å². The first-order valence-electron chi connectivity index (χ1n) is 5.79. The molecular weight excluding hydrogens is 266 g/mol. The average Bonchev–Trinajstić information content (AvgIpc) is 2.82. The van der Waals surface area contributed by atoms with E-state index in [9.17, 15) is 0 Å². The van der Waals surface area contributed by atoms with Crippen LogP contribution in [0.2, 0.25) is 5.15 Å². The van der Waals surface area contributed by atoms with Crippen LogP contribution in [0.1, 0.15) is 18.7 Å². The first-order valence-corrected chi connectivity index (χ1v) is 7.04. The second-order valence-electron chi connectivity index (χ2n) is 4.35. The Morgan fingerprint density at radius 2 is 2.17 bits per heavy atom. The van der Waals surface area contributed by atoms with Gasteiger partial charge in [0.1, 0.15) is 5.15 Å². The molecular formula is C13H16ClN3S. The van der Waals surface area contributed by atoms with E-state index >= 15 is 0 Å². The van der Waals surface area contributed by atoms with E-state index in [-0.39, 0.29) is 0 Å². The third kappa shape index (κ3) is 2.94. The first-order chi connectivity index (χ1) is 8.58. The molecule has 96 valence electrons. The molecule has 0 radical (unpaired) electrons. The van der Waals surface area contributed by atoms with Gasteiger partial charge in [-0.25, -0.2) is 4.98 Å². The molecule has 0 spiro atoms. The molecule has 2 heterocycles. The molecule has 0 bridgehead atoms. The van der Waals surface area contributed by atoms with Crippen LogP contribution >= 0.6 is 22.9 Å². The Bertz CT molecular complexity index is 511. The van der Waals surface area contributed by atoms with Gasteiger partial charge in [-0.15, -0.1) is 11.3 Å². The summed E-state index contributed by atoms with van der Waals surface area (Å²) in [7, 11) is 0. The third-order valence-electron chi connectivity index (χ3n) is 2.67. The van der Waals surface area contributed by atoms with Crippen molar-refractivity contribution < 1.29 is 0 Å². The van der Waals surface area contributed by atoms with Gasteiger partial charge < -0.3 is 10.6 Å². The number of hydrogen-bond acceptors (Lipinski definition) is 4. The highest BCUT2D eigenvalue weighted by Gasteiger charge is 2.16. The Kier molecular flexibility index (Phi) is 4.09. The van der Waals surface area contributed by atoms with Crippen LogP contribution in [0.5, 0.6) is 0 Å². The van der Waals surface area contributed by atoms with Gasteiger partial charge in [-0.05, 0) is 37.4 Å². The summed E-state index contributed by atoms with van der Waals surface area (Å²) in [5.41, 5.74) is 6.65. The summed E-state index contributed by atoms with van der Waals surface area (Å²) in [6.07, 6.45) is 0. The van der Waals surface area contributed by atoms with E-state index in [0.29, 0.717) is 16.9 Å². The number of aromatic nitrogens is 1. The van der Waals surface area contributed by atoms with Crippen molar-refractivity contribution in [1.29, 1.82) is 0 Å². The van der Waals surface area contributed by atoms with E-state index in [2.05, 4.69) is 35.2 Å². The largest absolute Gasteiger partial charge is 0.396 e. The summed E-state index contributed by atoms with van der Waals surface area (Å²) >= 11 is 7.69. The minimum absolute atomic E-state index is 0.306. The summed E-state index contributed by atoms with van der Waals surface area (Å²) in [6, 6.07) is 7.98. The summed E-state index contributed by atoms with van der Waals surface area (Å²) < 4.78 is 0. The lowest BCUT2D eigenvalue weighted by Gasteiger charge is -2.28. The van der Waals surface area contributed by atoms with E-state index in [4.69, 9.17) is 17.3 Å². The van der Waals surface area contributed by atoms with Gasteiger partial charge in [0.2, 0.25) is 0 Å². The highest BCUT2D eigenvalue weighted by atomic mass is 35.5. The zero-order valence-corrected chi connectivity index (χ0v) is 12.0. The van der Waals surface area contributed by atoms with Crippen molar-refractivity contribution in [3.8, 4) is 0 Å². The van der Waals surface area contributed by atoms with Crippen molar-refractivity contribution in [2.24, 2.45) is 0 Å². The molecule has 0 aromatic carbocycles. The van der Waals surface area contributed by atoms with Crippen LogP contribution in [0.15, 0.2) is 29.6 Å². The van der Waals surface area contributed by atoms with Crippen molar-refractivity contribution in [2.45, 2.75) is 26.4 Å². The van der Waals surface area contributed by atoms with E-state index in [1.807, 2.05) is 6.07 Å². The fourth-order valence-electron chi connectivity index (χ4n) is 1.74. The second kappa shape index (κ2) is 5.59. The third-order valence-corrected chi connectivity index (χ3v) is 3.74. The normalized spacial score (nSPS) is 10.9. The van der Waals surface area contributed by atoms with Crippen molar-refractivity contribution in [1.82, 2.24) is 4.98 Å². The minimum atomic E-state index is 0.306. The van der Waals surface area contributed by atoms with E-state index in [1.165, 1.54) is 4.88 Å². The topological polar surface area (TPSA) is 42.2 Å². The van der Waals surface area contributed by atoms with Gasteiger partial charge in [0.25, 0.3) is 0 Å². The molecule has 3 nitrogen and oxygen atoms in total. The predicted molar refractivity (Wildman–Crippen MR) is 79.3 cm³/mol. The van der Waals surface area contributed by atoms with Gasteiger partial charge >= 0.3 is 0 Å². The molecule has 2 aromatic rings. The number of hydrogen-bond donors (Lipinski definition) is 1. The second-order valence-corrected chi connectivity index (χ2v) is 5.77. The molecule has 0 aliphatic carbocycles. The highest BCUT2D eigenvalue weighted by molar-refractivity contribution is 7.09. The zero-order chi connectivity index (χ0) is 13.1. The quantitative estimate of drug-likeness (QED) is 0.867. The fourth-order valence-corrected chi connectivity index (χ4v) is 2.58. The van der Waals surface area contributed by atoms with Crippen molar-refractivity contribution in [3.63, 3.8) is 0 Å². The number of thiophene rings is 1. The molecule has 0 saturated carbocycles.